The van der Waals surface area contributed by atoms with Crippen molar-refractivity contribution in [3.63, 3.8) is 0 Å². The molecule has 7 heteroatoms. The summed E-state index contributed by atoms with van der Waals surface area (Å²) in [5.74, 6) is 1.19. The van der Waals surface area contributed by atoms with Crippen molar-refractivity contribution in [1.29, 1.82) is 0 Å². The summed E-state index contributed by atoms with van der Waals surface area (Å²) in [5.41, 5.74) is 3.84. The maximum atomic E-state index is 13.2. The summed E-state index contributed by atoms with van der Waals surface area (Å²) >= 11 is 0. The Hall–Kier alpha value is -4.26. The Bertz CT molecular complexity index is 1360. The second kappa shape index (κ2) is 12.1. The van der Waals surface area contributed by atoms with E-state index in [1.807, 2.05) is 72.9 Å². The number of hydrogen-bond acceptors (Lipinski definition) is 4. The van der Waals surface area contributed by atoms with Gasteiger partial charge in [-0.1, -0.05) is 54.6 Å². The van der Waals surface area contributed by atoms with Crippen molar-refractivity contribution >= 4 is 22.7 Å². The molecule has 1 aromatic heterocycles. The van der Waals surface area contributed by atoms with E-state index in [4.69, 9.17) is 9.47 Å². The molecule has 0 bridgehead atoms. The zero-order chi connectivity index (χ0) is 26.2. The quantitative estimate of drug-likeness (QED) is 0.318. The number of carbonyl (C=O) groups excluding carboxylic acids is 2. The molecule has 0 aliphatic rings. The predicted molar refractivity (Wildman–Crippen MR) is 145 cm³/mol. The van der Waals surface area contributed by atoms with E-state index < -0.39 is 0 Å². The van der Waals surface area contributed by atoms with Gasteiger partial charge in [-0.2, -0.15) is 0 Å². The zero-order valence-electron chi connectivity index (χ0n) is 21.5. The van der Waals surface area contributed by atoms with Crippen LogP contribution >= 0.6 is 0 Å². The molecular weight excluding hydrogens is 466 g/mol. The lowest BCUT2D eigenvalue weighted by molar-refractivity contribution is -0.130. The van der Waals surface area contributed by atoms with E-state index >= 15 is 0 Å². The normalized spacial score (nSPS) is 11.6. The highest BCUT2D eigenvalue weighted by Gasteiger charge is 2.22. The van der Waals surface area contributed by atoms with Crippen molar-refractivity contribution in [1.82, 2.24) is 15.2 Å². The van der Waals surface area contributed by atoms with E-state index in [2.05, 4.69) is 16.4 Å². The van der Waals surface area contributed by atoms with Crippen LogP contribution in [0.4, 0.5) is 0 Å². The number of ether oxygens (including phenoxy) is 2. The molecule has 0 radical (unpaired) electrons. The van der Waals surface area contributed by atoms with Gasteiger partial charge in [0.1, 0.15) is 11.5 Å². The molecule has 4 rings (SSSR count). The van der Waals surface area contributed by atoms with Crippen LogP contribution < -0.4 is 14.8 Å². The van der Waals surface area contributed by atoms with E-state index in [0.29, 0.717) is 25.3 Å². The second-order valence-corrected chi connectivity index (χ2v) is 9.03. The number of nitrogens with one attached hydrogen (secondary N) is 2. The van der Waals surface area contributed by atoms with E-state index in [1.165, 1.54) is 0 Å². The van der Waals surface area contributed by atoms with Crippen LogP contribution in [-0.4, -0.2) is 48.5 Å². The number of methoxy groups -OCH3 is 2. The molecule has 7 nitrogen and oxygen atoms in total. The maximum Gasteiger partial charge on any atom is 0.224 e. The molecule has 0 aliphatic heterocycles. The summed E-state index contributed by atoms with van der Waals surface area (Å²) in [6.07, 6.45) is 2.72. The minimum atomic E-state index is -0.306. The average molecular weight is 500 g/mol. The van der Waals surface area contributed by atoms with Crippen molar-refractivity contribution in [2.24, 2.45) is 0 Å². The third kappa shape index (κ3) is 6.50. The largest absolute Gasteiger partial charge is 0.496 e. The summed E-state index contributed by atoms with van der Waals surface area (Å²) in [7, 11) is 3.22. The summed E-state index contributed by atoms with van der Waals surface area (Å²) < 4.78 is 10.9. The molecular formula is C30H33N3O4. The molecule has 3 aromatic carbocycles. The number of aromatic amines is 1. The molecule has 4 aromatic rings. The second-order valence-electron chi connectivity index (χ2n) is 9.03. The van der Waals surface area contributed by atoms with Gasteiger partial charge in [-0.25, -0.2) is 0 Å². The van der Waals surface area contributed by atoms with Gasteiger partial charge in [0.2, 0.25) is 11.8 Å². The number of aromatic nitrogens is 1. The Labute approximate surface area is 217 Å². The number of hydrogen-bond donors (Lipinski definition) is 2. The number of amides is 2. The monoisotopic (exact) mass is 499 g/mol. The van der Waals surface area contributed by atoms with Crippen LogP contribution in [0.2, 0.25) is 0 Å². The number of fused-ring (bicyclic) bond motifs is 1. The lowest BCUT2D eigenvalue weighted by Gasteiger charge is -2.28. The van der Waals surface area contributed by atoms with Gasteiger partial charge in [0, 0.05) is 48.2 Å². The lowest BCUT2D eigenvalue weighted by atomic mass is 10.0. The highest BCUT2D eigenvalue weighted by molar-refractivity contribution is 5.83. The molecule has 1 atom stereocenters. The topological polar surface area (TPSA) is 83.7 Å². The van der Waals surface area contributed by atoms with Crippen LogP contribution in [0.25, 0.3) is 10.9 Å². The molecule has 2 N–H and O–H groups in total. The lowest BCUT2D eigenvalue weighted by Crippen LogP contribution is -2.46. The fourth-order valence-corrected chi connectivity index (χ4v) is 4.64. The number of nitrogens with zero attached hydrogens (tertiary/aromatic N) is 1. The Balaban J connectivity index is 1.57. The highest BCUT2D eigenvalue weighted by Crippen LogP contribution is 2.22. The number of H-pyrrole nitrogens is 1. The molecule has 1 heterocycles. The number of benzene rings is 3. The van der Waals surface area contributed by atoms with Crippen LogP contribution in [-0.2, 0) is 29.0 Å². The maximum absolute atomic E-state index is 13.2. The highest BCUT2D eigenvalue weighted by atomic mass is 16.5. The first kappa shape index (κ1) is 25.8. The van der Waals surface area contributed by atoms with Crippen molar-refractivity contribution in [2.75, 3.05) is 20.8 Å². The summed E-state index contributed by atoms with van der Waals surface area (Å²) in [5, 5.41) is 4.29. The van der Waals surface area contributed by atoms with Crippen molar-refractivity contribution in [3.05, 3.63) is 95.7 Å². The molecule has 2 amide bonds. The van der Waals surface area contributed by atoms with Gasteiger partial charge in [-0.05, 0) is 30.2 Å². The zero-order valence-corrected chi connectivity index (χ0v) is 21.5. The van der Waals surface area contributed by atoms with Crippen molar-refractivity contribution < 1.29 is 19.1 Å². The fraction of sp³-hybridized carbons (Fsp3) is 0.267. The standard InChI is InChI=1S/C30H33N3O4/c1-21(34)33(19-23-11-5-9-15-29(23)37-3)20-25(16-24-18-31-27-13-7-6-12-26(24)27)32-30(35)17-22-10-4-8-14-28(22)36-2/h4-15,18,25,31H,16-17,19-20H2,1-3H3,(H,32,35). The first-order valence-corrected chi connectivity index (χ1v) is 12.3. The van der Waals surface area contributed by atoms with E-state index in [1.54, 1.807) is 26.0 Å². The Morgan fingerprint density at radius 2 is 1.49 bits per heavy atom. The van der Waals surface area contributed by atoms with Crippen molar-refractivity contribution in [2.45, 2.75) is 32.4 Å². The van der Waals surface area contributed by atoms with Gasteiger partial charge < -0.3 is 24.7 Å². The molecule has 0 saturated heterocycles. The Morgan fingerprint density at radius 1 is 0.865 bits per heavy atom. The summed E-state index contributed by atoms with van der Waals surface area (Å²) in [6, 6.07) is 22.9. The van der Waals surface area contributed by atoms with Crippen LogP contribution in [0.1, 0.15) is 23.6 Å². The fourth-order valence-electron chi connectivity index (χ4n) is 4.64. The van der Waals surface area contributed by atoms with E-state index in [9.17, 15) is 9.59 Å². The molecule has 0 saturated carbocycles. The Kier molecular flexibility index (Phi) is 8.46. The SMILES string of the molecule is COc1ccccc1CC(=O)NC(Cc1c[nH]c2ccccc12)CN(Cc1ccccc1OC)C(C)=O. The van der Waals surface area contributed by atoms with Crippen LogP contribution in [0.3, 0.4) is 0 Å². The smallest absolute Gasteiger partial charge is 0.224 e. The number of para-hydroxylation sites is 3. The van der Waals surface area contributed by atoms with Crippen LogP contribution in [0.15, 0.2) is 79.0 Å². The summed E-state index contributed by atoms with van der Waals surface area (Å²) in [4.78, 5) is 31.0. The third-order valence-corrected chi connectivity index (χ3v) is 6.49. The van der Waals surface area contributed by atoms with Gasteiger partial charge in [-0.15, -0.1) is 0 Å². The molecule has 37 heavy (non-hydrogen) atoms. The minimum Gasteiger partial charge on any atom is -0.496 e. The first-order valence-electron chi connectivity index (χ1n) is 12.3. The molecule has 0 spiro atoms. The van der Waals surface area contributed by atoms with Gasteiger partial charge in [0.05, 0.1) is 26.7 Å². The van der Waals surface area contributed by atoms with Crippen LogP contribution in [0, 0.1) is 0 Å². The Morgan fingerprint density at radius 3 is 2.19 bits per heavy atom. The summed E-state index contributed by atoms with van der Waals surface area (Å²) in [6.45, 7) is 2.28. The van der Waals surface area contributed by atoms with Gasteiger partial charge in [0.15, 0.2) is 0 Å². The molecule has 1 unspecified atom stereocenters. The van der Waals surface area contributed by atoms with Crippen LogP contribution in [0.5, 0.6) is 11.5 Å². The molecule has 192 valence electrons. The third-order valence-electron chi connectivity index (χ3n) is 6.49. The number of carbonyl (C=O) groups is 2. The average Bonchev–Trinajstić information content (AvgIpc) is 3.31. The molecule has 0 aliphatic carbocycles. The molecule has 0 fully saturated rings. The first-order chi connectivity index (χ1) is 18.0. The predicted octanol–water partition coefficient (Wildman–Crippen LogP) is 4.50. The van der Waals surface area contributed by atoms with Gasteiger partial charge in [-0.3, -0.25) is 9.59 Å². The van der Waals surface area contributed by atoms with Gasteiger partial charge in [0.25, 0.3) is 0 Å². The van der Waals surface area contributed by atoms with Gasteiger partial charge >= 0.3 is 0 Å². The number of rotatable bonds is 11. The van der Waals surface area contributed by atoms with Crippen molar-refractivity contribution in [3.8, 4) is 11.5 Å². The van der Waals surface area contributed by atoms with E-state index in [-0.39, 0.29) is 24.3 Å². The van der Waals surface area contributed by atoms with E-state index in [0.717, 1.165) is 33.3 Å². The minimum absolute atomic E-state index is 0.0752.